The van der Waals surface area contributed by atoms with E-state index in [1.807, 2.05) is 26.0 Å². The lowest BCUT2D eigenvalue weighted by molar-refractivity contribution is -0.151. The van der Waals surface area contributed by atoms with Crippen molar-refractivity contribution in [2.45, 2.75) is 161 Å². The second-order valence-electron chi connectivity index (χ2n) is 23.0. The summed E-state index contributed by atoms with van der Waals surface area (Å²) in [6.07, 6.45) is 8.43. The lowest BCUT2D eigenvalue weighted by Crippen LogP contribution is -2.67. The molecule has 1 aliphatic rings. The standard InChI is InChI=1S/C56H85NO10SSi3/c1-42(43(2)66-71(55(6,7)8,45-28-20-18-21-29-45)46-30-22-19-23-31-46)34-36-50(67-70(16,17)54(3,4)5)52-49(64-56(9,10)65-52)33-26-32-47-44(27-24-25-38-57-68(12,59)60)35-37-48(63-41-61-11)51(47)53(58)62-39-40-69(13,14)15/h18-23,26,28-32,34-37,42-43,49-50,52,57H,25,33,38-41H2,1-17H3/t42-,43+,49+,50?,52+/m1/s1. The Bertz CT molecular complexity index is 2390. The lowest BCUT2D eigenvalue weighted by Gasteiger charge is -2.45. The fourth-order valence-electron chi connectivity index (χ4n) is 8.21. The molecule has 0 aliphatic carbocycles. The molecule has 3 aromatic rings. The van der Waals surface area contributed by atoms with Crippen molar-refractivity contribution in [1.82, 2.24) is 4.72 Å². The van der Waals surface area contributed by atoms with Crippen LogP contribution in [0.1, 0.15) is 104 Å². The molecule has 4 rings (SSSR count). The van der Waals surface area contributed by atoms with Crippen LogP contribution >= 0.6 is 0 Å². The van der Waals surface area contributed by atoms with Crippen LogP contribution < -0.4 is 19.8 Å². The molecule has 0 spiro atoms. The summed E-state index contributed by atoms with van der Waals surface area (Å²) in [5.41, 5.74) is 1.28. The molecule has 0 saturated carbocycles. The Morgan fingerprint density at radius 1 is 0.859 bits per heavy atom. The Kier molecular flexibility index (Phi) is 21.1. The average molecular weight is 1050 g/mol. The number of hydrogen-bond acceptors (Lipinski definition) is 10. The number of methoxy groups -OCH3 is 1. The van der Waals surface area contributed by atoms with Gasteiger partial charge >= 0.3 is 5.97 Å². The van der Waals surface area contributed by atoms with Crippen molar-refractivity contribution in [2.75, 3.05) is 33.3 Å². The number of ether oxygens (including phenoxy) is 5. The summed E-state index contributed by atoms with van der Waals surface area (Å²) in [6, 6.07) is 25.7. The highest BCUT2D eigenvalue weighted by atomic mass is 32.2. The minimum Gasteiger partial charge on any atom is -0.467 e. The molecular weight excluding hydrogens is 963 g/mol. The highest BCUT2D eigenvalue weighted by Gasteiger charge is 2.52. The molecule has 1 aliphatic heterocycles. The summed E-state index contributed by atoms with van der Waals surface area (Å²) in [4.78, 5) is 14.1. The van der Waals surface area contributed by atoms with E-state index in [4.69, 9.17) is 32.5 Å². The van der Waals surface area contributed by atoms with Crippen molar-refractivity contribution in [3.8, 4) is 17.6 Å². The average Bonchev–Trinajstić information content (AvgIpc) is 3.58. The van der Waals surface area contributed by atoms with Gasteiger partial charge in [-0.05, 0) is 84.8 Å². The summed E-state index contributed by atoms with van der Waals surface area (Å²) in [6.45, 7) is 33.4. The van der Waals surface area contributed by atoms with Crippen molar-refractivity contribution in [1.29, 1.82) is 0 Å². The van der Waals surface area contributed by atoms with Gasteiger partial charge in [-0.15, -0.1) is 0 Å². The van der Waals surface area contributed by atoms with E-state index in [0.29, 0.717) is 23.3 Å². The molecule has 11 nitrogen and oxygen atoms in total. The summed E-state index contributed by atoms with van der Waals surface area (Å²) >= 11 is 0. The van der Waals surface area contributed by atoms with Gasteiger partial charge in [0.05, 0.1) is 25.1 Å². The number of esters is 1. The van der Waals surface area contributed by atoms with Gasteiger partial charge in [0, 0.05) is 45.4 Å². The van der Waals surface area contributed by atoms with E-state index >= 15 is 0 Å². The monoisotopic (exact) mass is 1050 g/mol. The van der Waals surface area contributed by atoms with Crippen molar-refractivity contribution in [2.24, 2.45) is 5.92 Å². The van der Waals surface area contributed by atoms with Gasteiger partial charge in [0.15, 0.2) is 20.9 Å². The van der Waals surface area contributed by atoms with E-state index in [9.17, 15) is 13.2 Å². The van der Waals surface area contributed by atoms with E-state index in [2.05, 4.69) is 178 Å². The number of benzene rings is 3. The van der Waals surface area contributed by atoms with Crippen molar-refractivity contribution >= 4 is 57.2 Å². The normalized spacial score (nSPS) is 18.3. The fraction of sp³-hybridized carbons (Fsp3) is 0.554. The molecule has 1 saturated heterocycles. The molecule has 5 atom stereocenters. The Labute approximate surface area is 431 Å². The van der Waals surface area contributed by atoms with Gasteiger partial charge in [-0.2, -0.15) is 0 Å². The van der Waals surface area contributed by atoms with Gasteiger partial charge in [0.2, 0.25) is 10.0 Å². The summed E-state index contributed by atoms with van der Waals surface area (Å²) in [5.74, 6) is 5.09. The highest BCUT2D eigenvalue weighted by molar-refractivity contribution is 7.88. The van der Waals surface area contributed by atoms with Crippen LogP contribution in [-0.2, 0) is 37.8 Å². The van der Waals surface area contributed by atoms with Crippen LogP contribution in [0.5, 0.6) is 5.75 Å². The number of carbonyl (C=O) groups excluding carboxylic acids is 1. The Balaban J connectivity index is 1.77. The molecular formula is C56H85NO10SSi3. The van der Waals surface area contributed by atoms with Crippen molar-refractivity contribution in [3.05, 3.63) is 108 Å². The first-order chi connectivity index (χ1) is 32.9. The molecule has 1 N–H and O–H groups in total. The van der Waals surface area contributed by atoms with E-state index in [-0.39, 0.29) is 54.0 Å². The largest absolute Gasteiger partial charge is 0.467 e. The summed E-state index contributed by atoms with van der Waals surface area (Å²) in [5, 5.41) is 2.19. The predicted octanol–water partition coefficient (Wildman–Crippen LogP) is 10.9. The topological polar surface area (TPSA) is 128 Å². The van der Waals surface area contributed by atoms with Crippen LogP contribution in [-0.4, -0.2) is 103 Å². The minimum atomic E-state index is -3.38. The Hall–Kier alpha value is -3.67. The van der Waals surface area contributed by atoms with Crippen LogP contribution in [0.25, 0.3) is 6.08 Å². The maximum absolute atomic E-state index is 14.1. The maximum atomic E-state index is 14.1. The SMILES string of the molecule is COCOc1ccc(C#CCCNS(C)(=O)=O)c(C=CC[C@@H]2OC(C)(C)O[C@@H]2C(C=C[C@@H](C)[C@H](C)O[Si](c2ccccc2)(c2ccccc2)C(C)(C)C)O[Si](C)(C)C(C)(C)C)c1C(=O)OCC[Si](C)(C)C. The Morgan fingerprint density at radius 3 is 2.00 bits per heavy atom. The van der Waals surface area contributed by atoms with Gasteiger partial charge in [-0.3, -0.25) is 0 Å². The first-order valence-corrected chi connectivity index (χ1v) is 35.4. The van der Waals surface area contributed by atoms with Crippen molar-refractivity contribution in [3.63, 3.8) is 0 Å². The molecule has 1 unspecified atom stereocenters. The summed E-state index contributed by atoms with van der Waals surface area (Å²) in [7, 11) is -8.63. The van der Waals surface area contributed by atoms with E-state index in [1.165, 1.54) is 17.5 Å². The molecule has 0 radical (unpaired) electrons. The fourth-order valence-corrected chi connectivity index (χ4v) is 15.4. The van der Waals surface area contributed by atoms with Gasteiger partial charge in [0.1, 0.15) is 17.4 Å². The molecule has 0 bridgehead atoms. The zero-order chi connectivity index (χ0) is 53.1. The van der Waals surface area contributed by atoms with Gasteiger partial charge in [0.25, 0.3) is 8.32 Å². The molecule has 0 aromatic heterocycles. The zero-order valence-electron chi connectivity index (χ0n) is 45.9. The smallest absolute Gasteiger partial charge is 0.342 e. The maximum Gasteiger partial charge on any atom is 0.342 e. The summed E-state index contributed by atoms with van der Waals surface area (Å²) < 4.78 is 71.5. The van der Waals surface area contributed by atoms with Gasteiger partial charge < -0.3 is 32.5 Å². The third-order valence-corrected chi connectivity index (χ3v) is 25.3. The number of rotatable bonds is 23. The van der Waals surface area contributed by atoms with E-state index in [0.717, 1.165) is 12.3 Å². The van der Waals surface area contributed by atoms with Gasteiger partial charge in [-0.25, -0.2) is 17.9 Å². The number of hydrogen-bond donors (Lipinski definition) is 1. The minimum absolute atomic E-state index is 0.00551. The number of nitrogens with one attached hydrogen (secondary N) is 1. The first-order valence-electron chi connectivity index (χ1n) is 25.0. The molecule has 15 heteroatoms. The molecule has 71 heavy (non-hydrogen) atoms. The van der Waals surface area contributed by atoms with Gasteiger partial charge in [-0.1, -0.05) is 165 Å². The second-order valence-corrected chi connectivity index (χ2v) is 39.4. The predicted molar refractivity (Wildman–Crippen MR) is 298 cm³/mol. The second kappa shape index (κ2) is 25.0. The van der Waals surface area contributed by atoms with Crippen LogP contribution in [0.3, 0.4) is 0 Å². The van der Waals surface area contributed by atoms with E-state index < -0.39 is 64.8 Å². The molecule has 1 fully saturated rings. The van der Waals surface area contributed by atoms with Crippen LogP contribution in [0, 0.1) is 17.8 Å². The lowest BCUT2D eigenvalue weighted by atomic mass is 9.97. The highest BCUT2D eigenvalue weighted by Crippen LogP contribution is 2.42. The third kappa shape index (κ3) is 17.2. The van der Waals surface area contributed by atoms with Crippen LogP contribution in [0.4, 0.5) is 0 Å². The zero-order valence-corrected chi connectivity index (χ0v) is 49.7. The van der Waals surface area contributed by atoms with E-state index in [1.54, 1.807) is 12.1 Å². The first kappa shape index (κ1) is 59.9. The number of carbonyl (C=O) groups is 1. The third-order valence-electron chi connectivity index (χ3n) is 13.2. The molecule has 0 amide bonds. The molecule has 392 valence electrons. The van der Waals surface area contributed by atoms with Crippen LogP contribution in [0.15, 0.2) is 91.0 Å². The molecule has 1 heterocycles. The Morgan fingerprint density at radius 2 is 1.46 bits per heavy atom. The van der Waals surface area contributed by atoms with Crippen molar-refractivity contribution < 1.29 is 45.7 Å². The van der Waals surface area contributed by atoms with Crippen LogP contribution in [0.2, 0.25) is 48.9 Å². The number of sulfonamides is 1. The quantitative estimate of drug-likeness (QED) is 0.0245. The molecule has 3 aromatic carbocycles.